The summed E-state index contributed by atoms with van der Waals surface area (Å²) < 4.78 is 4.96. The minimum absolute atomic E-state index is 0.375. The van der Waals surface area contributed by atoms with Crippen LogP contribution in [0.15, 0.2) is 30.5 Å². The van der Waals surface area contributed by atoms with Crippen LogP contribution in [0, 0.1) is 0 Å². The van der Waals surface area contributed by atoms with Crippen LogP contribution in [0.3, 0.4) is 0 Å². The van der Waals surface area contributed by atoms with E-state index in [1.807, 2.05) is 6.07 Å². The van der Waals surface area contributed by atoms with Crippen LogP contribution in [0.1, 0.15) is 0 Å². The molecule has 0 aliphatic heterocycles. The number of hydrogen-bond donors (Lipinski definition) is 0. The Morgan fingerprint density at radius 1 is 1.13 bits per heavy atom. The third kappa shape index (κ3) is 2.22. The molecule has 0 aromatic carbocycles. The van der Waals surface area contributed by atoms with Crippen molar-refractivity contribution >= 4 is 11.6 Å². The first kappa shape index (κ1) is 9.86. The van der Waals surface area contributed by atoms with Crippen molar-refractivity contribution in [3.05, 3.63) is 35.6 Å². The van der Waals surface area contributed by atoms with Crippen LogP contribution < -0.4 is 4.74 Å². The Bertz CT molecular complexity index is 441. The van der Waals surface area contributed by atoms with Crippen LogP contribution in [0.4, 0.5) is 0 Å². The predicted molar refractivity (Wildman–Crippen MR) is 56.8 cm³/mol. The van der Waals surface area contributed by atoms with Crippen molar-refractivity contribution in [2.45, 2.75) is 0 Å². The van der Waals surface area contributed by atoms with Crippen LogP contribution in [0.25, 0.3) is 11.3 Å². The topological polar surface area (TPSA) is 47.9 Å². The highest BCUT2D eigenvalue weighted by molar-refractivity contribution is 6.29. The molecule has 0 saturated heterocycles. The van der Waals surface area contributed by atoms with E-state index in [2.05, 4.69) is 15.2 Å². The molecule has 0 amide bonds. The summed E-state index contributed by atoms with van der Waals surface area (Å²) >= 11 is 5.64. The molecule has 0 fully saturated rings. The average molecular weight is 222 g/mol. The summed E-state index contributed by atoms with van der Waals surface area (Å²) in [6.45, 7) is 0. The van der Waals surface area contributed by atoms with Crippen molar-refractivity contribution in [2.24, 2.45) is 0 Å². The van der Waals surface area contributed by atoms with Gasteiger partial charge in [-0.15, -0.1) is 10.2 Å². The first-order chi connectivity index (χ1) is 7.29. The highest BCUT2D eigenvalue weighted by Crippen LogP contribution is 2.18. The number of aromatic nitrogens is 3. The lowest BCUT2D eigenvalue weighted by Crippen LogP contribution is -1.90. The smallest absolute Gasteiger partial charge is 0.212 e. The summed E-state index contributed by atoms with van der Waals surface area (Å²) in [7, 11) is 1.57. The highest BCUT2D eigenvalue weighted by atomic mass is 35.5. The van der Waals surface area contributed by atoms with Gasteiger partial charge in [0.05, 0.1) is 12.8 Å². The molecule has 15 heavy (non-hydrogen) atoms. The van der Waals surface area contributed by atoms with Gasteiger partial charge in [0, 0.05) is 17.8 Å². The minimum Gasteiger partial charge on any atom is -0.481 e. The number of nitrogens with zero attached hydrogens (tertiary/aromatic N) is 3. The zero-order valence-electron chi connectivity index (χ0n) is 8.01. The van der Waals surface area contributed by atoms with Gasteiger partial charge in [-0.1, -0.05) is 11.6 Å². The molecular weight excluding hydrogens is 214 g/mol. The maximum Gasteiger partial charge on any atom is 0.212 e. The number of methoxy groups -OCH3 is 1. The fourth-order valence-corrected chi connectivity index (χ4v) is 1.22. The Hall–Kier alpha value is -1.68. The fraction of sp³-hybridized carbons (Fsp3) is 0.100. The molecule has 0 bridgehead atoms. The van der Waals surface area contributed by atoms with E-state index in [4.69, 9.17) is 16.3 Å². The van der Waals surface area contributed by atoms with E-state index in [0.717, 1.165) is 11.3 Å². The summed E-state index contributed by atoms with van der Waals surface area (Å²) in [6.07, 6.45) is 1.68. The molecular formula is C10H8ClN3O. The highest BCUT2D eigenvalue weighted by Gasteiger charge is 2.01. The first-order valence-electron chi connectivity index (χ1n) is 4.29. The first-order valence-corrected chi connectivity index (χ1v) is 4.67. The second kappa shape index (κ2) is 4.23. The molecule has 0 N–H and O–H groups in total. The molecule has 0 atom stereocenters. The van der Waals surface area contributed by atoms with Crippen molar-refractivity contribution < 1.29 is 4.74 Å². The van der Waals surface area contributed by atoms with E-state index < -0.39 is 0 Å². The molecule has 0 saturated carbocycles. The lowest BCUT2D eigenvalue weighted by molar-refractivity contribution is 0.398. The van der Waals surface area contributed by atoms with Gasteiger partial charge in [-0.05, 0) is 18.2 Å². The third-order valence-corrected chi connectivity index (χ3v) is 2.07. The second-order valence-electron chi connectivity index (χ2n) is 2.83. The van der Waals surface area contributed by atoms with E-state index >= 15 is 0 Å². The molecule has 0 radical (unpaired) electrons. The second-order valence-corrected chi connectivity index (χ2v) is 3.22. The van der Waals surface area contributed by atoms with Crippen LogP contribution in [0.5, 0.6) is 5.88 Å². The quantitative estimate of drug-likeness (QED) is 0.780. The van der Waals surface area contributed by atoms with Crippen LogP contribution in [-0.2, 0) is 0 Å². The Kier molecular flexibility index (Phi) is 2.78. The van der Waals surface area contributed by atoms with Gasteiger partial charge in [-0.2, -0.15) is 0 Å². The van der Waals surface area contributed by atoms with Crippen molar-refractivity contribution in [1.29, 1.82) is 0 Å². The molecule has 0 unspecified atom stereocenters. The molecule has 0 spiro atoms. The van der Waals surface area contributed by atoms with Gasteiger partial charge in [0.25, 0.3) is 0 Å². The van der Waals surface area contributed by atoms with Gasteiger partial charge < -0.3 is 4.74 Å². The van der Waals surface area contributed by atoms with Crippen LogP contribution in [-0.4, -0.2) is 22.3 Å². The SMILES string of the molecule is COc1ccc(-c2ccc(Cl)nn2)cn1. The lowest BCUT2D eigenvalue weighted by atomic mass is 10.2. The molecule has 2 aromatic rings. The molecule has 0 aliphatic carbocycles. The standard InChI is InChI=1S/C10H8ClN3O/c1-15-10-5-2-7(6-12-10)8-3-4-9(11)14-13-8/h2-6H,1H3. The van der Waals surface area contributed by atoms with Crippen molar-refractivity contribution in [3.8, 4) is 17.1 Å². The number of hydrogen-bond acceptors (Lipinski definition) is 4. The van der Waals surface area contributed by atoms with E-state index in [1.54, 1.807) is 31.5 Å². The molecule has 2 aromatic heterocycles. The maximum absolute atomic E-state index is 5.64. The predicted octanol–water partition coefficient (Wildman–Crippen LogP) is 2.20. The molecule has 2 rings (SSSR count). The molecule has 5 heteroatoms. The average Bonchev–Trinajstić information content (AvgIpc) is 2.30. The largest absolute Gasteiger partial charge is 0.481 e. The van der Waals surface area contributed by atoms with Crippen molar-refractivity contribution in [3.63, 3.8) is 0 Å². The molecule has 4 nitrogen and oxygen atoms in total. The van der Waals surface area contributed by atoms with E-state index in [1.165, 1.54) is 0 Å². The number of halogens is 1. The van der Waals surface area contributed by atoms with Gasteiger partial charge in [-0.25, -0.2) is 4.98 Å². The van der Waals surface area contributed by atoms with E-state index in [-0.39, 0.29) is 0 Å². The zero-order valence-corrected chi connectivity index (χ0v) is 8.77. The number of ether oxygens (including phenoxy) is 1. The van der Waals surface area contributed by atoms with Gasteiger partial charge in [0.1, 0.15) is 0 Å². The van der Waals surface area contributed by atoms with Crippen molar-refractivity contribution in [2.75, 3.05) is 7.11 Å². The summed E-state index contributed by atoms with van der Waals surface area (Å²) in [5.41, 5.74) is 1.61. The maximum atomic E-state index is 5.64. The summed E-state index contributed by atoms with van der Waals surface area (Å²) in [5.74, 6) is 0.570. The number of pyridine rings is 1. The van der Waals surface area contributed by atoms with Crippen LogP contribution >= 0.6 is 11.6 Å². The Labute approximate surface area is 91.9 Å². The molecule has 76 valence electrons. The molecule has 2 heterocycles. The van der Waals surface area contributed by atoms with Crippen LogP contribution in [0.2, 0.25) is 5.15 Å². The van der Waals surface area contributed by atoms with E-state index in [0.29, 0.717) is 11.0 Å². The van der Waals surface area contributed by atoms with Gasteiger partial charge in [-0.3, -0.25) is 0 Å². The third-order valence-electron chi connectivity index (χ3n) is 1.87. The number of rotatable bonds is 2. The Balaban J connectivity index is 2.33. The van der Waals surface area contributed by atoms with Gasteiger partial charge in [0.15, 0.2) is 5.15 Å². The Morgan fingerprint density at radius 3 is 2.53 bits per heavy atom. The Morgan fingerprint density at radius 2 is 2.00 bits per heavy atom. The van der Waals surface area contributed by atoms with E-state index in [9.17, 15) is 0 Å². The van der Waals surface area contributed by atoms with Crippen molar-refractivity contribution in [1.82, 2.24) is 15.2 Å². The summed E-state index contributed by atoms with van der Waals surface area (Å²) in [6, 6.07) is 7.11. The lowest BCUT2D eigenvalue weighted by Gasteiger charge is -2.01. The monoisotopic (exact) mass is 221 g/mol. The van der Waals surface area contributed by atoms with Gasteiger partial charge >= 0.3 is 0 Å². The normalized spacial score (nSPS) is 10.0. The fourth-order valence-electron chi connectivity index (χ4n) is 1.12. The van der Waals surface area contributed by atoms with Gasteiger partial charge in [0.2, 0.25) is 5.88 Å². The molecule has 0 aliphatic rings. The zero-order chi connectivity index (χ0) is 10.7. The minimum atomic E-state index is 0.375. The summed E-state index contributed by atoms with van der Waals surface area (Å²) in [5, 5.41) is 8.07. The summed E-state index contributed by atoms with van der Waals surface area (Å²) in [4.78, 5) is 4.07.